The fourth-order valence-corrected chi connectivity index (χ4v) is 4.79. The Morgan fingerprint density at radius 2 is 1.85 bits per heavy atom. The Kier molecular flexibility index (Phi) is 6.70. The summed E-state index contributed by atoms with van der Waals surface area (Å²) in [5, 5.41) is 4.53. The van der Waals surface area contributed by atoms with Gasteiger partial charge in [0.2, 0.25) is 0 Å². The lowest BCUT2D eigenvalue weighted by atomic mass is 10.1. The third-order valence-corrected chi connectivity index (χ3v) is 6.80. The van der Waals surface area contributed by atoms with Crippen LogP contribution < -0.4 is 20.3 Å². The molecule has 1 amide bonds. The summed E-state index contributed by atoms with van der Waals surface area (Å²) < 4.78 is 32.4. The lowest BCUT2D eigenvalue weighted by molar-refractivity contribution is 0.102. The van der Waals surface area contributed by atoms with Gasteiger partial charge in [-0.05, 0) is 42.0 Å². The molecule has 4 rings (SSSR count). The van der Waals surface area contributed by atoms with E-state index >= 15 is 0 Å². The minimum absolute atomic E-state index is 0.0109. The number of sulfonamides is 1. The second-order valence-electron chi connectivity index (χ2n) is 7.02. The van der Waals surface area contributed by atoms with Gasteiger partial charge in [0.1, 0.15) is 17.3 Å². The van der Waals surface area contributed by atoms with Crippen molar-refractivity contribution in [1.82, 2.24) is 15.0 Å². The molecule has 12 heteroatoms. The standard InChI is InChI=1S/C22H19N5O5S2/c1-32-16-6-2-14(3-7-16)12-19-25-18(13-20(28)26-19)21(29)24-15-4-8-17(9-5-15)34(30,31)27-22-23-10-11-33-22/h2-11,13H,12H2,1H3,(H,23,27)(H,24,29)(H,25,26,28). The molecule has 4 aromatic rings. The highest BCUT2D eigenvalue weighted by atomic mass is 32.2. The molecule has 34 heavy (non-hydrogen) atoms. The zero-order chi connectivity index (χ0) is 24.1. The lowest BCUT2D eigenvalue weighted by Gasteiger charge is -2.09. The number of carbonyl (C=O) groups excluding carboxylic acids is 1. The Hall–Kier alpha value is -4.03. The quantitative estimate of drug-likeness (QED) is 0.340. The van der Waals surface area contributed by atoms with Gasteiger partial charge < -0.3 is 15.0 Å². The molecule has 0 saturated heterocycles. The van der Waals surface area contributed by atoms with Gasteiger partial charge in [0, 0.05) is 29.8 Å². The van der Waals surface area contributed by atoms with E-state index in [1.807, 2.05) is 12.1 Å². The van der Waals surface area contributed by atoms with E-state index in [0.29, 0.717) is 23.7 Å². The summed E-state index contributed by atoms with van der Waals surface area (Å²) in [6, 6.07) is 14.0. The summed E-state index contributed by atoms with van der Waals surface area (Å²) >= 11 is 1.16. The number of ether oxygens (including phenoxy) is 1. The number of rotatable bonds is 8. The van der Waals surface area contributed by atoms with E-state index in [2.05, 4.69) is 25.0 Å². The zero-order valence-corrected chi connectivity index (χ0v) is 19.4. The third-order valence-electron chi connectivity index (χ3n) is 4.63. The number of thiazole rings is 1. The van der Waals surface area contributed by atoms with Crippen molar-refractivity contribution < 1.29 is 17.9 Å². The Morgan fingerprint density at radius 3 is 2.50 bits per heavy atom. The van der Waals surface area contributed by atoms with Crippen molar-refractivity contribution in [2.45, 2.75) is 11.3 Å². The first-order valence-corrected chi connectivity index (χ1v) is 12.3. The van der Waals surface area contributed by atoms with Crippen molar-refractivity contribution in [3.63, 3.8) is 0 Å². The van der Waals surface area contributed by atoms with Crippen LogP contribution in [0.5, 0.6) is 5.75 Å². The third kappa shape index (κ3) is 5.66. The largest absolute Gasteiger partial charge is 0.497 e. The van der Waals surface area contributed by atoms with Gasteiger partial charge in [0.15, 0.2) is 5.13 Å². The molecule has 10 nitrogen and oxygen atoms in total. The van der Waals surface area contributed by atoms with Crippen molar-refractivity contribution in [3.05, 3.63) is 93.6 Å². The second-order valence-corrected chi connectivity index (χ2v) is 9.60. The maximum atomic E-state index is 12.7. The van der Waals surface area contributed by atoms with Crippen molar-refractivity contribution >= 4 is 38.1 Å². The molecule has 0 bridgehead atoms. The molecule has 2 aromatic carbocycles. The summed E-state index contributed by atoms with van der Waals surface area (Å²) in [5.74, 6) is 0.437. The number of anilines is 2. The van der Waals surface area contributed by atoms with Gasteiger partial charge in [0.25, 0.3) is 21.5 Å². The van der Waals surface area contributed by atoms with E-state index in [-0.39, 0.29) is 15.7 Å². The first kappa shape index (κ1) is 23.1. The first-order valence-electron chi connectivity index (χ1n) is 9.89. The van der Waals surface area contributed by atoms with Crippen LogP contribution in [0.3, 0.4) is 0 Å². The van der Waals surface area contributed by atoms with E-state index in [1.165, 1.54) is 30.5 Å². The molecule has 0 saturated carbocycles. The van der Waals surface area contributed by atoms with Crippen LogP contribution in [0.4, 0.5) is 10.8 Å². The number of amides is 1. The molecule has 0 aliphatic carbocycles. The Labute approximate surface area is 198 Å². The second kappa shape index (κ2) is 9.85. The molecule has 0 radical (unpaired) electrons. The normalized spacial score (nSPS) is 11.1. The van der Waals surface area contributed by atoms with Crippen LogP contribution in [0.1, 0.15) is 21.9 Å². The Bertz CT molecular complexity index is 1450. The number of nitrogens with zero attached hydrogens (tertiary/aromatic N) is 2. The SMILES string of the molecule is COc1ccc(Cc2nc(C(=O)Nc3ccc(S(=O)(=O)Nc4nccs4)cc3)cc(=O)[nH]2)cc1. The monoisotopic (exact) mass is 497 g/mol. The molecular weight excluding hydrogens is 478 g/mol. The van der Waals surface area contributed by atoms with Crippen molar-refractivity contribution in [2.75, 3.05) is 17.1 Å². The zero-order valence-electron chi connectivity index (χ0n) is 17.8. The van der Waals surface area contributed by atoms with Crippen LogP contribution in [-0.4, -0.2) is 36.4 Å². The van der Waals surface area contributed by atoms with Gasteiger partial charge in [-0.2, -0.15) is 0 Å². The van der Waals surface area contributed by atoms with E-state index in [0.717, 1.165) is 23.0 Å². The molecule has 0 atom stereocenters. The average molecular weight is 498 g/mol. The van der Waals surface area contributed by atoms with Crippen LogP contribution in [-0.2, 0) is 16.4 Å². The van der Waals surface area contributed by atoms with E-state index < -0.39 is 21.5 Å². The molecular formula is C22H19N5O5S2. The maximum absolute atomic E-state index is 12.7. The average Bonchev–Trinajstić information content (AvgIpc) is 3.32. The van der Waals surface area contributed by atoms with Crippen molar-refractivity contribution in [1.29, 1.82) is 0 Å². The highest BCUT2D eigenvalue weighted by Crippen LogP contribution is 2.20. The topological polar surface area (TPSA) is 143 Å². The number of benzene rings is 2. The number of aromatic amines is 1. The number of aromatic nitrogens is 3. The lowest BCUT2D eigenvalue weighted by Crippen LogP contribution is -2.20. The summed E-state index contributed by atoms with van der Waals surface area (Å²) in [6.07, 6.45) is 1.81. The summed E-state index contributed by atoms with van der Waals surface area (Å²) in [4.78, 5) is 35.5. The molecule has 174 valence electrons. The molecule has 0 spiro atoms. The van der Waals surface area contributed by atoms with Crippen molar-refractivity contribution in [2.24, 2.45) is 0 Å². The minimum atomic E-state index is -3.81. The Balaban J connectivity index is 1.46. The van der Waals surface area contributed by atoms with Gasteiger partial charge in [-0.25, -0.2) is 18.4 Å². The number of carbonyl (C=O) groups is 1. The fourth-order valence-electron chi connectivity index (χ4n) is 3.01. The van der Waals surface area contributed by atoms with Crippen LogP contribution in [0.25, 0.3) is 0 Å². The smallest absolute Gasteiger partial charge is 0.274 e. The predicted octanol–water partition coefficient (Wildman–Crippen LogP) is 2.88. The van der Waals surface area contributed by atoms with Crippen LogP contribution >= 0.6 is 11.3 Å². The minimum Gasteiger partial charge on any atom is -0.497 e. The van der Waals surface area contributed by atoms with Crippen LogP contribution in [0.15, 0.2) is 75.9 Å². The summed E-state index contributed by atoms with van der Waals surface area (Å²) in [6.45, 7) is 0. The number of methoxy groups -OCH3 is 1. The molecule has 0 fully saturated rings. The first-order chi connectivity index (χ1) is 16.3. The summed E-state index contributed by atoms with van der Waals surface area (Å²) in [5.41, 5.74) is 0.703. The Morgan fingerprint density at radius 1 is 1.12 bits per heavy atom. The van der Waals surface area contributed by atoms with E-state index in [1.54, 1.807) is 24.6 Å². The predicted molar refractivity (Wildman–Crippen MR) is 128 cm³/mol. The highest BCUT2D eigenvalue weighted by Gasteiger charge is 2.16. The van der Waals surface area contributed by atoms with Crippen LogP contribution in [0.2, 0.25) is 0 Å². The van der Waals surface area contributed by atoms with Crippen LogP contribution in [0, 0.1) is 0 Å². The summed E-state index contributed by atoms with van der Waals surface area (Å²) in [7, 11) is -2.24. The van der Waals surface area contributed by atoms with Gasteiger partial charge in [0.05, 0.1) is 12.0 Å². The molecule has 3 N–H and O–H groups in total. The van der Waals surface area contributed by atoms with Gasteiger partial charge in [-0.1, -0.05) is 12.1 Å². The number of hydrogen-bond donors (Lipinski definition) is 3. The molecule has 2 aromatic heterocycles. The van der Waals surface area contributed by atoms with E-state index in [9.17, 15) is 18.0 Å². The fraction of sp³-hybridized carbons (Fsp3) is 0.0909. The van der Waals surface area contributed by atoms with E-state index in [4.69, 9.17) is 4.74 Å². The number of H-pyrrole nitrogens is 1. The van der Waals surface area contributed by atoms with Gasteiger partial charge in [-0.15, -0.1) is 11.3 Å². The molecule has 0 aliphatic rings. The number of nitrogens with one attached hydrogen (secondary N) is 3. The molecule has 2 heterocycles. The number of hydrogen-bond acceptors (Lipinski definition) is 8. The van der Waals surface area contributed by atoms with Gasteiger partial charge >= 0.3 is 0 Å². The highest BCUT2D eigenvalue weighted by molar-refractivity contribution is 7.93. The molecule has 0 unspecified atom stereocenters. The van der Waals surface area contributed by atoms with Gasteiger partial charge in [-0.3, -0.25) is 14.3 Å². The molecule has 0 aliphatic heterocycles. The maximum Gasteiger partial charge on any atom is 0.274 e. The van der Waals surface area contributed by atoms with Crippen molar-refractivity contribution in [3.8, 4) is 5.75 Å².